The SMILES string of the molecule is COc1c(Br)ccc2c(Cl)c(F)c(Cl)nc12. The standard InChI is InChI=1S/C10H5BrCl2FNO/c1-16-9-5(11)3-2-4-6(12)7(14)10(13)15-8(4)9/h2-3H,1H3. The van der Waals surface area contributed by atoms with E-state index in [1.54, 1.807) is 12.1 Å². The minimum atomic E-state index is -0.722. The van der Waals surface area contributed by atoms with Crippen molar-refractivity contribution in [3.8, 4) is 5.75 Å². The molecule has 0 bridgehead atoms. The van der Waals surface area contributed by atoms with Crippen LogP contribution in [0.4, 0.5) is 4.39 Å². The molecule has 0 saturated heterocycles. The van der Waals surface area contributed by atoms with Crippen molar-refractivity contribution in [2.75, 3.05) is 7.11 Å². The van der Waals surface area contributed by atoms with E-state index in [2.05, 4.69) is 20.9 Å². The highest BCUT2D eigenvalue weighted by molar-refractivity contribution is 9.10. The minimum Gasteiger partial charge on any atom is -0.493 e. The van der Waals surface area contributed by atoms with Gasteiger partial charge in [0, 0.05) is 5.39 Å². The predicted molar refractivity (Wildman–Crippen MR) is 66.0 cm³/mol. The van der Waals surface area contributed by atoms with Gasteiger partial charge in [-0.15, -0.1) is 0 Å². The number of rotatable bonds is 1. The first kappa shape index (κ1) is 11.9. The first-order chi connectivity index (χ1) is 7.56. The van der Waals surface area contributed by atoms with E-state index in [0.29, 0.717) is 21.1 Å². The summed E-state index contributed by atoms with van der Waals surface area (Å²) in [4.78, 5) is 3.92. The highest BCUT2D eigenvalue weighted by Crippen LogP contribution is 2.37. The number of ether oxygens (including phenoxy) is 1. The molecule has 2 aromatic rings. The van der Waals surface area contributed by atoms with Crippen molar-refractivity contribution >= 4 is 50.0 Å². The van der Waals surface area contributed by atoms with Gasteiger partial charge in [0.05, 0.1) is 16.6 Å². The fraction of sp³-hybridized carbons (Fsp3) is 0.100. The molecule has 0 amide bonds. The van der Waals surface area contributed by atoms with E-state index in [0.717, 1.165) is 0 Å². The van der Waals surface area contributed by atoms with Crippen LogP contribution in [0.1, 0.15) is 0 Å². The van der Waals surface area contributed by atoms with Crippen molar-refractivity contribution in [2.24, 2.45) is 0 Å². The molecule has 0 unspecified atom stereocenters. The van der Waals surface area contributed by atoms with Crippen LogP contribution >= 0.6 is 39.1 Å². The summed E-state index contributed by atoms with van der Waals surface area (Å²) in [5.74, 6) is -0.249. The first-order valence-electron chi connectivity index (χ1n) is 4.23. The van der Waals surface area contributed by atoms with Crippen LogP contribution in [-0.2, 0) is 0 Å². The third kappa shape index (κ3) is 1.75. The van der Waals surface area contributed by atoms with Crippen LogP contribution in [0.5, 0.6) is 5.75 Å². The average Bonchev–Trinajstić information content (AvgIpc) is 2.26. The molecular formula is C10H5BrCl2FNO. The van der Waals surface area contributed by atoms with Gasteiger partial charge in [0.15, 0.2) is 16.7 Å². The van der Waals surface area contributed by atoms with Gasteiger partial charge in [0.1, 0.15) is 5.52 Å². The molecule has 1 aromatic heterocycles. The summed E-state index contributed by atoms with van der Waals surface area (Å²) in [6, 6.07) is 3.36. The number of pyridine rings is 1. The molecule has 0 spiro atoms. The van der Waals surface area contributed by atoms with E-state index in [-0.39, 0.29) is 10.2 Å². The van der Waals surface area contributed by atoms with Crippen molar-refractivity contribution in [1.82, 2.24) is 4.98 Å². The largest absolute Gasteiger partial charge is 0.493 e. The average molecular weight is 325 g/mol. The van der Waals surface area contributed by atoms with Crippen molar-refractivity contribution < 1.29 is 9.13 Å². The third-order valence-electron chi connectivity index (χ3n) is 2.11. The molecule has 1 heterocycles. The van der Waals surface area contributed by atoms with E-state index in [1.807, 2.05) is 0 Å². The summed E-state index contributed by atoms with van der Waals surface area (Å²) >= 11 is 14.8. The third-order valence-corrected chi connectivity index (χ3v) is 3.35. The van der Waals surface area contributed by atoms with Crippen molar-refractivity contribution in [2.45, 2.75) is 0 Å². The maximum atomic E-state index is 13.4. The van der Waals surface area contributed by atoms with Crippen LogP contribution < -0.4 is 4.74 Å². The number of fused-ring (bicyclic) bond motifs is 1. The number of nitrogens with zero attached hydrogens (tertiary/aromatic N) is 1. The second kappa shape index (κ2) is 4.35. The number of aromatic nitrogens is 1. The fourth-order valence-electron chi connectivity index (χ4n) is 1.38. The Kier molecular flexibility index (Phi) is 3.24. The lowest BCUT2D eigenvalue weighted by molar-refractivity contribution is 0.416. The molecule has 0 aliphatic rings. The zero-order chi connectivity index (χ0) is 11.9. The van der Waals surface area contributed by atoms with Crippen LogP contribution in [0.3, 0.4) is 0 Å². The normalized spacial score (nSPS) is 10.8. The molecule has 0 N–H and O–H groups in total. The van der Waals surface area contributed by atoms with Crippen LogP contribution in [-0.4, -0.2) is 12.1 Å². The number of hydrogen-bond donors (Lipinski definition) is 0. The molecule has 84 valence electrons. The highest BCUT2D eigenvalue weighted by Gasteiger charge is 2.16. The van der Waals surface area contributed by atoms with Gasteiger partial charge < -0.3 is 4.74 Å². The van der Waals surface area contributed by atoms with Gasteiger partial charge in [-0.3, -0.25) is 0 Å². The summed E-state index contributed by atoms with van der Waals surface area (Å²) in [5.41, 5.74) is 0.424. The number of methoxy groups -OCH3 is 1. The quantitative estimate of drug-likeness (QED) is 0.723. The van der Waals surface area contributed by atoms with Gasteiger partial charge in [0.25, 0.3) is 0 Å². The molecule has 2 nitrogen and oxygen atoms in total. The maximum Gasteiger partial charge on any atom is 0.179 e. The summed E-state index contributed by atoms with van der Waals surface area (Å²) in [6.07, 6.45) is 0. The number of hydrogen-bond acceptors (Lipinski definition) is 2. The molecule has 0 aliphatic carbocycles. The topological polar surface area (TPSA) is 22.1 Å². The second-order valence-corrected chi connectivity index (χ2v) is 4.60. The Hall–Kier alpha value is -0.580. The second-order valence-electron chi connectivity index (χ2n) is 3.01. The summed E-state index contributed by atoms with van der Waals surface area (Å²) < 4.78 is 19.3. The van der Waals surface area contributed by atoms with E-state index < -0.39 is 5.82 Å². The van der Waals surface area contributed by atoms with Crippen molar-refractivity contribution in [1.29, 1.82) is 0 Å². The zero-order valence-corrected chi connectivity index (χ0v) is 11.1. The summed E-state index contributed by atoms with van der Waals surface area (Å²) in [7, 11) is 1.49. The van der Waals surface area contributed by atoms with Gasteiger partial charge in [-0.25, -0.2) is 9.37 Å². The Morgan fingerprint density at radius 3 is 2.69 bits per heavy atom. The summed E-state index contributed by atoms with van der Waals surface area (Å²) in [5, 5.41) is 0.137. The molecule has 0 aliphatic heterocycles. The highest BCUT2D eigenvalue weighted by atomic mass is 79.9. The Bertz CT molecular complexity index is 576. The molecule has 2 rings (SSSR count). The molecule has 1 aromatic carbocycles. The Morgan fingerprint density at radius 1 is 1.38 bits per heavy atom. The van der Waals surface area contributed by atoms with E-state index in [9.17, 15) is 4.39 Å². The lowest BCUT2D eigenvalue weighted by Gasteiger charge is -2.09. The Morgan fingerprint density at radius 2 is 2.06 bits per heavy atom. The molecular weight excluding hydrogens is 320 g/mol. The van der Waals surface area contributed by atoms with E-state index >= 15 is 0 Å². The van der Waals surface area contributed by atoms with Crippen LogP contribution in [0.15, 0.2) is 16.6 Å². The van der Waals surface area contributed by atoms with Crippen molar-refractivity contribution in [3.05, 3.63) is 32.6 Å². The van der Waals surface area contributed by atoms with Gasteiger partial charge >= 0.3 is 0 Å². The molecule has 0 fully saturated rings. The zero-order valence-electron chi connectivity index (χ0n) is 8.02. The molecule has 6 heteroatoms. The smallest absolute Gasteiger partial charge is 0.179 e. The van der Waals surface area contributed by atoms with Crippen LogP contribution in [0.2, 0.25) is 10.2 Å². The summed E-state index contributed by atoms with van der Waals surface area (Å²) in [6.45, 7) is 0. The van der Waals surface area contributed by atoms with Gasteiger partial charge in [-0.1, -0.05) is 23.2 Å². The molecule has 0 atom stereocenters. The number of halogens is 4. The molecule has 0 radical (unpaired) electrons. The monoisotopic (exact) mass is 323 g/mol. The lowest BCUT2D eigenvalue weighted by atomic mass is 10.2. The maximum absolute atomic E-state index is 13.4. The van der Waals surface area contributed by atoms with Gasteiger partial charge in [-0.2, -0.15) is 0 Å². The van der Waals surface area contributed by atoms with Gasteiger partial charge in [0.2, 0.25) is 0 Å². The fourth-order valence-corrected chi connectivity index (χ4v) is 2.34. The first-order valence-corrected chi connectivity index (χ1v) is 5.78. The van der Waals surface area contributed by atoms with Crippen LogP contribution in [0.25, 0.3) is 10.9 Å². The van der Waals surface area contributed by atoms with Crippen LogP contribution in [0, 0.1) is 5.82 Å². The van der Waals surface area contributed by atoms with E-state index in [4.69, 9.17) is 27.9 Å². The Labute approximate surface area is 109 Å². The van der Waals surface area contributed by atoms with Gasteiger partial charge in [-0.05, 0) is 28.1 Å². The lowest BCUT2D eigenvalue weighted by Crippen LogP contribution is -1.93. The minimum absolute atomic E-state index is 0.0548. The van der Waals surface area contributed by atoms with Crippen molar-refractivity contribution in [3.63, 3.8) is 0 Å². The molecule has 0 saturated carbocycles. The Balaban J connectivity index is 2.95. The molecule has 16 heavy (non-hydrogen) atoms. The number of benzene rings is 1. The van der Waals surface area contributed by atoms with E-state index in [1.165, 1.54) is 7.11 Å². The predicted octanol–water partition coefficient (Wildman–Crippen LogP) is 4.45.